The number of esters is 1. The van der Waals surface area contributed by atoms with Gasteiger partial charge in [-0.25, -0.2) is 4.79 Å². The number of thioether (sulfide) groups is 1. The van der Waals surface area contributed by atoms with Crippen LogP contribution in [-0.2, 0) is 26.4 Å². The molecule has 0 saturated carbocycles. The summed E-state index contributed by atoms with van der Waals surface area (Å²) in [5.74, 6) is 0.401. The zero-order chi connectivity index (χ0) is 25.6. The number of likely N-dealkylation sites (tertiary alicyclic amines) is 1. The summed E-state index contributed by atoms with van der Waals surface area (Å²) in [4.78, 5) is 28.8. The van der Waals surface area contributed by atoms with Crippen LogP contribution in [0.15, 0.2) is 59.5 Å². The zero-order valence-corrected chi connectivity index (χ0v) is 22.7. The second-order valence-electron chi connectivity index (χ2n) is 11.2. The molecule has 1 saturated heterocycles. The Hall–Kier alpha value is -2.47. The van der Waals surface area contributed by atoms with E-state index >= 15 is 0 Å². The predicted molar refractivity (Wildman–Crippen MR) is 141 cm³/mol. The SMILES string of the molecule is CC(C)(C)OC(=O)[C@@H](Cc1cccc(SCc2ccccc2)c1)[C@H]1CCN(C(=O)OC(C)(C)C)C1. The Labute approximate surface area is 214 Å². The fraction of sp³-hybridized carbons (Fsp3) is 0.517. The van der Waals surface area contributed by atoms with Gasteiger partial charge >= 0.3 is 12.1 Å². The Morgan fingerprint density at radius 2 is 1.60 bits per heavy atom. The van der Waals surface area contributed by atoms with Crippen molar-refractivity contribution in [3.63, 3.8) is 0 Å². The maximum absolute atomic E-state index is 13.3. The molecule has 1 aliphatic heterocycles. The monoisotopic (exact) mass is 497 g/mol. The maximum Gasteiger partial charge on any atom is 0.410 e. The van der Waals surface area contributed by atoms with Gasteiger partial charge in [-0.05, 0) is 83.6 Å². The number of carbonyl (C=O) groups excluding carboxylic acids is 2. The topological polar surface area (TPSA) is 55.8 Å². The summed E-state index contributed by atoms with van der Waals surface area (Å²) < 4.78 is 11.4. The first kappa shape index (κ1) is 27.1. The molecule has 1 amide bonds. The Balaban J connectivity index is 1.72. The molecule has 0 aliphatic carbocycles. The summed E-state index contributed by atoms with van der Waals surface area (Å²) in [7, 11) is 0. The van der Waals surface area contributed by atoms with Crippen LogP contribution >= 0.6 is 11.8 Å². The summed E-state index contributed by atoms with van der Waals surface area (Å²) in [6.07, 6.45) is 1.02. The number of benzene rings is 2. The highest BCUT2D eigenvalue weighted by Crippen LogP contribution is 2.32. The second kappa shape index (κ2) is 11.5. The lowest BCUT2D eigenvalue weighted by Gasteiger charge is -2.28. The van der Waals surface area contributed by atoms with Gasteiger partial charge in [-0.1, -0.05) is 42.5 Å². The van der Waals surface area contributed by atoms with Gasteiger partial charge in [-0.3, -0.25) is 4.79 Å². The van der Waals surface area contributed by atoms with E-state index in [1.807, 2.05) is 47.6 Å². The van der Waals surface area contributed by atoms with Crippen LogP contribution in [-0.4, -0.2) is 41.3 Å². The van der Waals surface area contributed by atoms with E-state index in [4.69, 9.17) is 9.47 Å². The molecule has 2 aromatic rings. The third-order valence-electron chi connectivity index (χ3n) is 5.76. The highest BCUT2D eigenvalue weighted by molar-refractivity contribution is 7.98. The van der Waals surface area contributed by atoms with Gasteiger partial charge in [0.25, 0.3) is 0 Å². The molecule has 1 aliphatic rings. The van der Waals surface area contributed by atoms with E-state index in [-0.39, 0.29) is 23.9 Å². The van der Waals surface area contributed by atoms with Crippen LogP contribution in [0.5, 0.6) is 0 Å². The largest absolute Gasteiger partial charge is 0.460 e. The molecular weight excluding hydrogens is 458 g/mol. The van der Waals surface area contributed by atoms with E-state index in [9.17, 15) is 9.59 Å². The van der Waals surface area contributed by atoms with Gasteiger partial charge < -0.3 is 14.4 Å². The fourth-order valence-corrected chi connectivity index (χ4v) is 5.12. The van der Waals surface area contributed by atoms with E-state index < -0.39 is 11.2 Å². The first-order chi connectivity index (χ1) is 16.4. The fourth-order valence-electron chi connectivity index (χ4n) is 4.19. The lowest BCUT2D eigenvalue weighted by molar-refractivity contribution is -0.161. The van der Waals surface area contributed by atoms with Gasteiger partial charge in [0.1, 0.15) is 11.2 Å². The molecule has 0 radical (unpaired) electrons. The average Bonchev–Trinajstić information content (AvgIpc) is 3.25. The number of ether oxygens (including phenoxy) is 2. The number of hydrogen-bond donors (Lipinski definition) is 0. The summed E-state index contributed by atoms with van der Waals surface area (Å²) in [5.41, 5.74) is 1.28. The Bertz CT molecular complexity index is 994. The molecule has 0 bridgehead atoms. The van der Waals surface area contributed by atoms with Gasteiger partial charge in [0.2, 0.25) is 0 Å². The van der Waals surface area contributed by atoms with Gasteiger partial charge in [0, 0.05) is 23.7 Å². The molecule has 6 heteroatoms. The molecule has 0 unspecified atom stereocenters. The molecule has 2 aromatic carbocycles. The minimum atomic E-state index is -0.563. The lowest BCUT2D eigenvalue weighted by Crippen LogP contribution is -2.38. The summed E-state index contributed by atoms with van der Waals surface area (Å²) in [6, 6.07) is 18.8. The summed E-state index contributed by atoms with van der Waals surface area (Å²) in [5, 5.41) is 0. The van der Waals surface area contributed by atoms with Crippen LogP contribution in [0.25, 0.3) is 0 Å². The molecule has 0 spiro atoms. The van der Waals surface area contributed by atoms with E-state index in [1.165, 1.54) is 10.5 Å². The van der Waals surface area contributed by atoms with Crippen LogP contribution in [0.3, 0.4) is 0 Å². The van der Waals surface area contributed by atoms with Crippen molar-refractivity contribution in [1.29, 1.82) is 0 Å². The Morgan fingerprint density at radius 1 is 0.943 bits per heavy atom. The van der Waals surface area contributed by atoms with E-state index in [1.54, 1.807) is 16.7 Å². The first-order valence-corrected chi connectivity index (χ1v) is 13.3. The van der Waals surface area contributed by atoms with E-state index in [2.05, 4.69) is 48.5 Å². The predicted octanol–water partition coefficient (Wildman–Crippen LogP) is 6.74. The molecule has 1 fully saturated rings. The Morgan fingerprint density at radius 3 is 2.26 bits per heavy atom. The third-order valence-corrected chi connectivity index (χ3v) is 6.82. The second-order valence-corrected chi connectivity index (χ2v) is 12.3. The molecule has 5 nitrogen and oxygen atoms in total. The molecule has 190 valence electrons. The maximum atomic E-state index is 13.3. The standard InChI is InChI=1S/C29H39NO4S/c1-28(2,3)33-26(31)25(23-15-16-30(19-23)27(32)34-29(4,5)6)18-22-13-10-14-24(17-22)35-20-21-11-8-7-9-12-21/h7-14,17,23,25H,15-16,18-20H2,1-6H3/t23-,25-/m0/s1. The van der Waals surface area contributed by atoms with E-state index in [0.717, 1.165) is 17.7 Å². The number of nitrogens with zero attached hydrogens (tertiary/aromatic N) is 1. The number of carbonyl (C=O) groups is 2. The zero-order valence-electron chi connectivity index (χ0n) is 21.9. The van der Waals surface area contributed by atoms with Crippen LogP contribution in [0.1, 0.15) is 59.1 Å². The highest BCUT2D eigenvalue weighted by atomic mass is 32.2. The van der Waals surface area contributed by atoms with Crippen molar-refractivity contribution < 1.29 is 19.1 Å². The molecule has 35 heavy (non-hydrogen) atoms. The first-order valence-electron chi connectivity index (χ1n) is 12.4. The van der Waals surface area contributed by atoms with Crippen LogP contribution < -0.4 is 0 Å². The normalized spacial score (nSPS) is 17.2. The number of rotatable bonds is 7. The number of hydrogen-bond acceptors (Lipinski definition) is 5. The molecule has 0 N–H and O–H groups in total. The highest BCUT2D eigenvalue weighted by Gasteiger charge is 2.39. The van der Waals surface area contributed by atoms with Crippen LogP contribution in [0.2, 0.25) is 0 Å². The van der Waals surface area contributed by atoms with Crippen molar-refractivity contribution in [2.45, 2.75) is 76.2 Å². The smallest absolute Gasteiger partial charge is 0.410 e. The molecule has 2 atom stereocenters. The van der Waals surface area contributed by atoms with Crippen molar-refractivity contribution in [2.75, 3.05) is 13.1 Å². The van der Waals surface area contributed by atoms with Gasteiger partial charge in [-0.15, -0.1) is 11.8 Å². The molecule has 0 aromatic heterocycles. The number of amides is 1. The Kier molecular flexibility index (Phi) is 8.92. The van der Waals surface area contributed by atoms with Crippen molar-refractivity contribution in [1.82, 2.24) is 4.90 Å². The molecule has 3 rings (SSSR count). The molecular formula is C29H39NO4S. The average molecular weight is 498 g/mol. The van der Waals surface area contributed by atoms with Crippen LogP contribution in [0, 0.1) is 11.8 Å². The summed E-state index contributed by atoms with van der Waals surface area (Å²) in [6.45, 7) is 12.4. The third kappa shape index (κ3) is 8.92. The van der Waals surface area contributed by atoms with Gasteiger partial charge in [0.05, 0.1) is 5.92 Å². The van der Waals surface area contributed by atoms with E-state index in [0.29, 0.717) is 19.5 Å². The quantitative estimate of drug-likeness (QED) is 0.313. The van der Waals surface area contributed by atoms with Gasteiger partial charge in [0.15, 0.2) is 0 Å². The van der Waals surface area contributed by atoms with Gasteiger partial charge in [-0.2, -0.15) is 0 Å². The van der Waals surface area contributed by atoms with Crippen molar-refractivity contribution >= 4 is 23.8 Å². The van der Waals surface area contributed by atoms with Crippen LogP contribution in [0.4, 0.5) is 4.79 Å². The van der Waals surface area contributed by atoms with Crippen molar-refractivity contribution in [2.24, 2.45) is 11.8 Å². The molecule has 1 heterocycles. The lowest BCUT2D eigenvalue weighted by atomic mass is 9.86. The van der Waals surface area contributed by atoms with Crippen molar-refractivity contribution in [3.05, 3.63) is 65.7 Å². The minimum Gasteiger partial charge on any atom is -0.460 e. The minimum absolute atomic E-state index is 0.0259. The van der Waals surface area contributed by atoms with Crippen molar-refractivity contribution in [3.8, 4) is 0 Å². The summed E-state index contributed by atoms with van der Waals surface area (Å²) >= 11 is 1.79.